The van der Waals surface area contributed by atoms with Gasteiger partial charge in [-0.15, -0.1) is 0 Å². The van der Waals surface area contributed by atoms with Crippen LogP contribution >= 0.6 is 0 Å². The summed E-state index contributed by atoms with van der Waals surface area (Å²) in [5.74, 6) is -0.114. The molecule has 1 unspecified atom stereocenters. The number of nitrogens with zero attached hydrogens (tertiary/aromatic N) is 1. The van der Waals surface area contributed by atoms with E-state index in [9.17, 15) is 4.39 Å². The van der Waals surface area contributed by atoms with Crippen molar-refractivity contribution in [2.75, 3.05) is 18.5 Å². The summed E-state index contributed by atoms with van der Waals surface area (Å²) in [5.41, 5.74) is 1.80. The van der Waals surface area contributed by atoms with Gasteiger partial charge in [-0.25, -0.2) is 4.39 Å². The molecule has 0 spiro atoms. The number of benzene rings is 1. The Labute approximate surface area is 123 Å². The van der Waals surface area contributed by atoms with Crippen molar-refractivity contribution in [1.29, 1.82) is 0 Å². The zero-order chi connectivity index (χ0) is 15.1. The highest BCUT2D eigenvalue weighted by atomic mass is 19.1. The monoisotopic (exact) mass is 280 g/mol. The highest BCUT2D eigenvalue weighted by molar-refractivity contribution is 5.55. The molecule has 0 aliphatic rings. The number of rotatable bonds is 8. The summed E-state index contributed by atoms with van der Waals surface area (Å²) in [5, 5.41) is 3.39. The van der Waals surface area contributed by atoms with Crippen molar-refractivity contribution in [3.8, 4) is 0 Å². The van der Waals surface area contributed by atoms with Crippen LogP contribution in [0.4, 0.5) is 10.1 Å². The van der Waals surface area contributed by atoms with Gasteiger partial charge in [0.2, 0.25) is 0 Å². The second kappa shape index (κ2) is 8.25. The maximum Gasteiger partial charge on any atom is 0.130 e. The Morgan fingerprint density at radius 2 is 1.85 bits per heavy atom. The van der Waals surface area contributed by atoms with Crippen LogP contribution in [0.25, 0.3) is 0 Å². The zero-order valence-electron chi connectivity index (χ0n) is 13.5. The fourth-order valence-electron chi connectivity index (χ4n) is 2.76. The summed E-state index contributed by atoms with van der Waals surface area (Å²) in [6.45, 7) is 9.44. The van der Waals surface area contributed by atoms with Gasteiger partial charge in [0.1, 0.15) is 5.82 Å². The average molecular weight is 280 g/mol. The summed E-state index contributed by atoms with van der Waals surface area (Å²) in [6, 6.07) is 5.88. The SMILES string of the molecule is CCCNC(C)c1c(F)cccc1N(C)C(CC)CC. The summed E-state index contributed by atoms with van der Waals surface area (Å²) in [4.78, 5) is 2.22. The number of halogens is 1. The Kier molecular flexibility index (Phi) is 7.00. The van der Waals surface area contributed by atoms with Crippen molar-refractivity contribution < 1.29 is 4.39 Å². The highest BCUT2D eigenvalue weighted by Gasteiger charge is 2.20. The van der Waals surface area contributed by atoms with Gasteiger partial charge in [0, 0.05) is 30.4 Å². The molecule has 1 aromatic rings. The molecule has 20 heavy (non-hydrogen) atoms. The zero-order valence-corrected chi connectivity index (χ0v) is 13.5. The lowest BCUT2D eigenvalue weighted by atomic mass is 10.0. The standard InChI is InChI=1S/C17H29FN2/c1-6-12-19-13(4)17-15(18)10-9-11-16(17)20(5)14(7-2)8-3/h9-11,13-14,19H,6-8,12H2,1-5H3. The number of hydrogen-bond acceptors (Lipinski definition) is 2. The van der Waals surface area contributed by atoms with Crippen molar-refractivity contribution in [1.82, 2.24) is 5.32 Å². The minimum Gasteiger partial charge on any atom is -0.371 e. The largest absolute Gasteiger partial charge is 0.371 e. The lowest BCUT2D eigenvalue weighted by Gasteiger charge is -2.32. The Morgan fingerprint density at radius 1 is 1.20 bits per heavy atom. The average Bonchev–Trinajstić information content (AvgIpc) is 2.45. The van der Waals surface area contributed by atoms with Crippen LogP contribution in [0.2, 0.25) is 0 Å². The molecule has 0 saturated carbocycles. The highest BCUT2D eigenvalue weighted by Crippen LogP contribution is 2.30. The molecule has 0 bridgehead atoms. The molecule has 1 atom stereocenters. The first kappa shape index (κ1) is 17.0. The van der Waals surface area contributed by atoms with Crippen molar-refractivity contribution in [2.24, 2.45) is 0 Å². The summed E-state index contributed by atoms with van der Waals surface area (Å²) < 4.78 is 14.3. The molecule has 0 aromatic heterocycles. The molecular formula is C17H29FN2. The van der Waals surface area contributed by atoms with Crippen LogP contribution in [-0.4, -0.2) is 19.6 Å². The molecule has 0 aliphatic carbocycles. The van der Waals surface area contributed by atoms with Crippen LogP contribution in [-0.2, 0) is 0 Å². The van der Waals surface area contributed by atoms with Crippen molar-refractivity contribution in [3.63, 3.8) is 0 Å². The van der Waals surface area contributed by atoms with Gasteiger partial charge in [0.25, 0.3) is 0 Å². The van der Waals surface area contributed by atoms with Gasteiger partial charge in [-0.3, -0.25) is 0 Å². The number of anilines is 1. The molecular weight excluding hydrogens is 251 g/mol. The van der Waals surface area contributed by atoms with Crippen LogP contribution in [0.1, 0.15) is 58.6 Å². The molecule has 0 saturated heterocycles. The van der Waals surface area contributed by atoms with E-state index in [1.807, 2.05) is 13.0 Å². The Hall–Kier alpha value is -1.09. The normalized spacial score (nSPS) is 12.8. The van der Waals surface area contributed by atoms with Gasteiger partial charge >= 0.3 is 0 Å². The van der Waals surface area contributed by atoms with Crippen molar-refractivity contribution in [3.05, 3.63) is 29.6 Å². The molecule has 0 heterocycles. The predicted octanol–water partition coefficient (Wildman–Crippen LogP) is 4.51. The van der Waals surface area contributed by atoms with E-state index in [0.717, 1.165) is 37.1 Å². The van der Waals surface area contributed by atoms with E-state index in [1.54, 1.807) is 12.1 Å². The smallest absolute Gasteiger partial charge is 0.130 e. The molecule has 1 N–H and O–H groups in total. The molecule has 0 radical (unpaired) electrons. The molecule has 114 valence electrons. The summed E-state index contributed by atoms with van der Waals surface area (Å²) in [6.07, 6.45) is 3.19. The van der Waals surface area contributed by atoms with Crippen LogP contribution < -0.4 is 10.2 Å². The quantitative estimate of drug-likeness (QED) is 0.753. The van der Waals surface area contributed by atoms with E-state index in [2.05, 4.69) is 38.0 Å². The van der Waals surface area contributed by atoms with Gasteiger partial charge in [-0.2, -0.15) is 0 Å². The minimum absolute atomic E-state index is 0.0305. The Bertz CT molecular complexity index is 402. The molecule has 1 rings (SSSR count). The first-order chi connectivity index (χ1) is 9.56. The predicted molar refractivity (Wildman–Crippen MR) is 85.9 cm³/mol. The van der Waals surface area contributed by atoms with E-state index >= 15 is 0 Å². The second-order valence-electron chi connectivity index (χ2n) is 5.43. The van der Waals surface area contributed by atoms with Crippen LogP contribution in [0.3, 0.4) is 0 Å². The topological polar surface area (TPSA) is 15.3 Å². The van der Waals surface area contributed by atoms with Gasteiger partial charge in [0.05, 0.1) is 0 Å². The van der Waals surface area contributed by atoms with E-state index in [4.69, 9.17) is 0 Å². The molecule has 1 aromatic carbocycles. The second-order valence-corrected chi connectivity index (χ2v) is 5.43. The van der Waals surface area contributed by atoms with Gasteiger partial charge in [-0.1, -0.05) is 26.8 Å². The molecule has 3 heteroatoms. The Morgan fingerprint density at radius 3 is 2.40 bits per heavy atom. The number of nitrogens with one attached hydrogen (secondary N) is 1. The van der Waals surface area contributed by atoms with Crippen molar-refractivity contribution >= 4 is 5.69 Å². The van der Waals surface area contributed by atoms with E-state index in [0.29, 0.717) is 6.04 Å². The Balaban J connectivity index is 3.09. The first-order valence-corrected chi connectivity index (χ1v) is 7.81. The third kappa shape index (κ3) is 3.95. The fraction of sp³-hybridized carbons (Fsp3) is 0.647. The van der Waals surface area contributed by atoms with E-state index in [1.165, 1.54) is 0 Å². The van der Waals surface area contributed by atoms with Crippen LogP contribution in [0.15, 0.2) is 18.2 Å². The van der Waals surface area contributed by atoms with E-state index in [-0.39, 0.29) is 11.9 Å². The van der Waals surface area contributed by atoms with Crippen LogP contribution in [0.5, 0.6) is 0 Å². The summed E-state index contributed by atoms with van der Waals surface area (Å²) >= 11 is 0. The lowest BCUT2D eigenvalue weighted by Crippen LogP contribution is -2.32. The summed E-state index contributed by atoms with van der Waals surface area (Å²) in [7, 11) is 2.07. The molecule has 0 fully saturated rings. The number of hydrogen-bond donors (Lipinski definition) is 1. The van der Waals surface area contributed by atoms with Gasteiger partial charge < -0.3 is 10.2 Å². The lowest BCUT2D eigenvalue weighted by molar-refractivity contribution is 0.520. The molecule has 2 nitrogen and oxygen atoms in total. The first-order valence-electron chi connectivity index (χ1n) is 7.81. The maximum atomic E-state index is 14.3. The van der Waals surface area contributed by atoms with Gasteiger partial charge in [-0.05, 0) is 44.9 Å². The third-order valence-electron chi connectivity index (χ3n) is 4.03. The maximum absolute atomic E-state index is 14.3. The van der Waals surface area contributed by atoms with Gasteiger partial charge in [0.15, 0.2) is 0 Å². The van der Waals surface area contributed by atoms with Crippen molar-refractivity contribution in [2.45, 2.75) is 59.0 Å². The minimum atomic E-state index is -0.114. The molecule has 0 amide bonds. The van der Waals surface area contributed by atoms with E-state index < -0.39 is 0 Å². The third-order valence-corrected chi connectivity index (χ3v) is 4.03. The fourth-order valence-corrected chi connectivity index (χ4v) is 2.76. The van der Waals surface area contributed by atoms with Crippen LogP contribution in [0, 0.1) is 5.82 Å². The molecule has 0 aliphatic heterocycles.